The Kier molecular flexibility index (Phi) is 4.93. The lowest BCUT2D eigenvalue weighted by molar-refractivity contribution is 0.0868. The molecule has 1 aliphatic rings. The first-order chi connectivity index (χ1) is 15.3. The van der Waals surface area contributed by atoms with Gasteiger partial charge >= 0.3 is 0 Å². The molecule has 162 valence electrons. The van der Waals surface area contributed by atoms with Crippen LogP contribution in [0.5, 0.6) is 0 Å². The van der Waals surface area contributed by atoms with E-state index in [0.717, 1.165) is 38.3 Å². The Balaban J connectivity index is 1.84. The molecule has 3 heterocycles. The average molecular weight is 441 g/mol. The Morgan fingerprint density at radius 1 is 1.03 bits per heavy atom. The monoisotopic (exact) mass is 440 g/mol. The van der Waals surface area contributed by atoms with Crippen LogP contribution in [0.4, 0.5) is 5.69 Å². The van der Waals surface area contributed by atoms with Gasteiger partial charge in [-0.1, -0.05) is 43.0 Å². The van der Waals surface area contributed by atoms with Gasteiger partial charge in [0.2, 0.25) is 0 Å². The molecule has 0 spiro atoms. The lowest BCUT2D eigenvalue weighted by atomic mass is 9.75. The predicted molar refractivity (Wildman–Crippen MR) is 136 cm³/mol. The third-order valence-electron chi connectivity index (χ3n) is 6.72. The highest BCUT2D eigenvalue weighted by molar-refractivity contribution is 7.10. The van der Waals surface area contributed by atoms with Gasteiger partial charge in [-0.25, -0.2) is 0 Å². The van der Waals surface area contributed by atoms with E-state index in [-0.39, 0.29) is 5.92 Å². The SMILES string of the molecule is Cc1cc(-c2cccc3c(C)c[nH]c23)c(C#Cc2cccs2)c2c1NC(C)(C)C(O)[C@H]2C. The van der Waals surface area contributed by atoms with Crippen LogP contribution in [-0.4, -0.2) is 21.7 Å². The zero-order valence-electron chi connectivity index (χ0n) is 19.1. The van der Waals surface area contributed by atoms with E-state index < -0.39 is 11.6 Å². The molecule has 5 rings (SSSR count). The molecule has 4 heteroatoms. The standard InChI is InChI=1S/C28H28N2OS/c1-16-14-23(22-10-6-9-20-17(2)15-29-26(20)22)21(12-11-19-8-7-13-32-19)24-18(3)27(31)28(4,5)30-25(16)24/h6-10,13-15,18,27,29-31H,1-5H3/t18-,27?/m0/s1. The molecule has 3 N–H and O–H groups in total. The smallest absolute Gasteiger partial charge is 0.0831 e. The van der Waals surface area contributed by atoms with Crippen molar-refractivity contribution in [3.8, 4) is 23.0 Å². The Morgan fingerprint density at radius 2 is 1.84 bits per heavy atom. The number of thiophene rings is 1. The summed E-state index contributed by atoms with van der Waals surface area (Å²) in [5.41, 5.74) is 8.57. The van der Waals surface area contributed by atoms with E-state index >= 15 is 0 Å². The lowest BCUT2D eigenvalue weighted by Gasteiger charge is -2.43. The van der Waals surface area contributed by atoms with Gasteiger partial charge in [-0.15, -0.1) is 11.3 Å². The van der Waals surface area contributed by atoms with Crippen molar-refractivity contribution >= 4 is 27.9 Å². The number of aromatic nitrogens is 1. The number of H-pyrrole nitrogens is 1. The number of benzene rings is 2. The first-order valence-electron chi connectivity index (χ1n) is 11.0. The van der Waals surface area contributed by atoms with Crippen LogP contribution in [0.1, 0.15) is 53.8 Å². The molecule has 0 saturated carbocycles. The van der Waals surface area contributed by atoms with E-state index in [4.69, 9.17) is 0 Å². The Morgan fingerprint density at radius 3 is 2.59 bits per heavy atom. The van der Waals surface area contributed by atoms with Crippen molar-refractivity contribution in [2.24, 2.45) is 0 Å². The highest BCUT2D eigenvalue weighted by atomic mass is 32.1. The van der Waals surface area contributed by atoms with Gasteiger partial charge in [0, 0.05) is 39.9 Å². The number of rotatable bonds is 1. The molecule has 1 aliphatic heterocycles. The number of nitrogens with one attached hydrogen (secondary N) is 2. The Hall–Kier alpha value is -3.00. The molecule has 0 amide bonds. The summed E-state index contributed by atoms with van der Waals surface area (Å²) in [6.07, 6.45) is 1.54. The summed E-state index contributed by atoms with van der Waals surface area (Å²) in [5, 5.41) is 18.0. The van der Waals surface area contributed by atoms with Crippen molar-refractivity contribution in [2.45, 2.75) is 52.2 Å². The number of hydrogen-bond donors (Lipinski definition) is 3. The minimum Gasteiger partial charge on any atom is -0.390 e. The summed E-state index contributed by atoms with van der Waals surface area (Å²) in [4.78, 5) is 4.51. The van der Waals surface area contributed by atoms with E-state index in [1.165, 1.54) is 16.5 Å². The molecule has 0 aliphatic carbocycles. The van der Waals surface area contributed by atoms with Crippen molar-refractivity contribution in [2.75, 3.05) is 5.32 Å². The molecular weight excluding hydrogens is 412 g/mol. The number of aryl methyl sites for hydroxylation is 2. The number of aromatic amines is 1. The summed E-state index contributed by atoms with van der Waals surface area (Å²) >= 11 is 1.65. The molecule has 0 saturated heterocycles. The van der Waals surface area contributed by atoms with Crippen molar-refractivity contribution in [3.05, 3.63) is 75.1 Å². The first kappa shape index (κ1) is 20.9. The van der Waals surface area contributed by atoms with Crippen molar-refractivity contribution in [1.82, 2.24) is 4.98 Å². The second-order valence-corrected chi connectivity index (χ2v) is 10.4. The van der Waals surface area contributed by atoms with Crippen molar-refractivity contribution in [1.29, 1.82) is 0 Å². The molecule has 2 aromatic carbocycles. The number of anilines is 1. The first-order valence-corrected chi connectivity index (χ1v) is 11.9. The van der Waals surface area contributed by atoms with Gasteiger partial charge in [0.25, 0.3) is 0 Å². The van der Waals surface area contributed by atoms with Crippen LogP contribution >= 0.6 is 11.3 Å². The summed E-state index contributed by atoms with van der Waals surface area (Å²) < 4.78 is 0. The second-order valence-electron chi connectivity index (χ2n) is 9.41. The van der Waals surface area contributed by atoms with E-state index in [2.05, 4.69) is 92.6 Å². The van der Waals surface area contributed by atoms with Crippen LogP contribution in [0.2, 0.25) is 0 Å². The fourth-order valence-electron chi connectivity index (χ4n) is 4.98. The molecule has 3 nitrogen and oxygen atoms in total. The van der Waals surface area contributed by atoms with E-state index in [1.54, 1.807) is 11.3 Å². The highest BCUT2D eigenvalue weighted by Gasteiger charge is 2.40. The number of para-hydroxylation sites is 1. The van der Waals surface area contributed by atoms with Crippen LogP contribution in [-0.2, 0) is 0 Å². The van der Waals surface area contributed by atoms with Gasteiger partial charge < -0.3 is 15.4 Å². The van der Waals surface area contributed by atoms with Crippen LogP contribution < -0.4 is 5.32 Å². The second kappa shape index (κ2) is 7.55. The van der Waals surface area contributed by atoms with Crippen LogP contribution in [0, 0.1) is 25.7 Å². The van der Waals surface area contributed by atoms with Crippen molar-refractivity contribution in [3.63, 3.8) is 0 Å². The van der Waals surface area contributed by atoms with Crippen LogP contribution in [0.15, 0.2) is 48.0 Å². The zero-order valence-corrected chi connectivity index (χ0v) is 19.9. The van der Waals surface area contributed by atoms with E-state index in [0.29, 0.717) is 0 Å². The van der Waals surface area contributed by atoms with Gasteiger partial charge in [-0.3, -0.25) is 0 Å². The molecule has 0 fully saturated rings. The highest BCUT2D eigenvalue weighted by Crippen LogP contribution is 2.46. The van der Waals surface area contributed by atoms with Gasteiger partial charge in [0.05, 0.1) is 22.0 Å². The van der Waals surface area contributed by atoms with Gasteiger partial charge in [-0.05, 0) is 61.9 Å². The van der Waals surface area contributed by atoms with Crippen LogP contribution in [0.25, 0.3) is 22.0 Å². The zero-order chi connectivity index (χ0) is 22.6. The summed E-state index contributed by atoms with van der Waals surface area (Å²) in [6, 6.07) is 12.8. The quantitative estimate of drug-likeness (QED) is 0.293. The largest absolute Gasteiger partial charge is 0.390 e. The topological polar surface area (TPSA) is 48.0 Å². The average Bonchev–Trinajstić information content (AvgIpc) is 3.42. The number of aliphatic hydroxyl groups is 1. The molecule has 4 aromatic rings. The molecule has 1 unspecified atom stereocenters. The molecule has 0 radical (unpaired) electrons. The van der Waals surface area contributed by atoms with Crippen molar-refractivity contribution < 1.29 is 5.11 Å². The number of fused-ring (bicyclic) bond motifs is 2. The fourth-order valence-corrected chi connectivity index (χ4v) is 5.55. The lowest BCUT2D eigenvalue weighted by Crippen LogP contribution is -2.50. The van der Waals surface area contributed by atoms with Gasteiger partial charge in [-0.2, -0.15) is 0 Å². The summed E-state index contributed by atoms with van der Waals surface area (Å²) in [7, 11) is 0. The number of aliphatic hydroxyl groups excluding tert-OH is 1. The fraction of sp³-hybridized carbons (Fsp3) is 0.286. The van der Waals surface area contributed by atoms with Crippen LogP contribution in [0.3, 0.4) is 0 Å². The minimum atomic E-state index is -0.518. The minimum absolute atomic E-state index is 0.0443. The molecule has 2 atom stereocenters. The molecule has 2 aromatic heterocycles. The maximum atomic E-state index is 11.1. The van der Waals surface area contributed by atoms with Gasteiger partial charge in [0.15, 0.2) is 0 Å². The summed E-state index contributed by atoms with van der Waals surface area (Å²) in [5.74, 6) is 6.85. The Labute approximate surface area is 193 Å². The summed E-state index contributed by atoms with van der Waals surface area (Å²) in [6.45, 7) is 10.5. The molecule has 0 bridgehead atoms. The normalized spacial score (nSPS) is 19.2. The Bertz CT molecular complexity index is 1380. The van der Waals surface area contributed by atoms with Gasteiger partial charge in [0.1, 0.15) is 0 Å². The molecular formula is C28H28N2OS. The molecule has 32 heavy (non-hydrogen) atoms. The number of hydrogen-bond acceptors (Lipinski definition) is 3. The maximum absolute atomic E-state index is 11.1. The van der Waals surface area contributed by atoms with E-state index in [9.17, 15) is 5.11 Å². The third kappa shape index (κ3) is 3.24. The predicted octanol–water partition coefficient (Wildman–Crippen LogP) is 6.58. The third-order valence-corrected chi connectivity index (χ3v) is 7.51. The maximum Gasteiger partial charge on any atom is 0.0831 e. The van der Waals surface area contributed by atoms with E-state index in [1.807, 2.05) is 12.1 Å².